The Morgan fingerprint density at radius 1 is 0.246 bits per heavy atom. The van der Waals surface area contributed by atoms with Crippen LogP contribution in [-0.2, 0) is 0 Å². The van der Waals surface area contributed by atoms with E-state index in [1.54, 1.807) is 0 Å². The van der Waals surface area contributed by atoms with Crippen LogP contribution in [0.3, 0.4) is 0 Å². The number of rotatable bonds is 6. The molecule has 0 fully saturated rings. The molecule has 0 unspecified atom stereocenters. The van der Waals surface area contributed by atoms with E-state index >= 15 is 0 Å². The van der Waals surface area contributed by atoms with Gasteiger partial charge in [0.2, 0.25) is 0 Å². The summed E-state index contributed by atoms with van der Waals surface area (Å²) in [7, 11) is 0. The van der Waals surface area contributed by atoms with Crippen molar-refractivity contribution in [2.45, 2.75) is 0 Å². The number of benzene rings is 11. The molecule has 0 saturated carbocycles. The smallest absolute Gasteiger partial charge is 0.0540 e. The largest absolute Gasteiger partial charge is 0.310 e. The zero-order valence-electron chi connectivity index (χ0n) is 31.3. The van der Waals surface area contributed by atoms with Crippen LogP contribution in [0.1, 0.15) is 0 Å². The van der Waals surface area contributed by atoms with Gasteiger partial charge in [-0.3, -0.25) is 0 Å². The minimum absolute atomic E-state index is 1.11. The van der Waals surface area contributed by atoms with Gasteiger partial charge in [-0.2, -0.15) is 0 Å². The predicted molar refractivity (Wildman–Crippen MR) is 245 cm³/mol. The molecule has 11 rings (SSSR count). The third kappa shape index (κ3) is 5.80. The van der Waals surface area contributed by atoms with Crippen molar-refractivity contribution in [1.82, 2.24) is 0 Å². The third-order valence-electron chi connectivity index (χ3n) is 11.6. The van der Waals surface area contributed by atoms with Gasteiger partial charge >= 0.3 is 0 Å². The zero-order chi connectivity index (χ0) is 37.7. The molecule has 0 aliphatic carbocycles. The van der Waals surface area contributed by atoms with Crippen LogP contribution in [0.5, 0.6) is 0 Å². The molecular formula is C56H37N. The van der Waals surface area contributed by atoms with Gasteiger partial charge in [-0.1, -0.05) is 188 Å². The van der Waals surface area contributed by atoms with E-state index in [0.29, 0.717) is 0 Å². The van der Waals surface area contributed by atoms with E-state index < -0.39 is 0 Å². The summed E-state index contributed by atoms with van der Waals surface area (Å²) in [4.78, 5) is 2.41. The first-order chi connectivity index (χ1) is 28.2. The fourth-order valence-corrected chi connectivity index (χ4v) is 8.75. The molecular weight excluding hydrogens is 687 g/mol. The molecule has 266 valence electrons. The van der Waals surface area contributed by atoms with Crippen molar-refractivity contribution in [1.29, 1.82) is 0 Å². The summed E-state index contributed by atoms with van der Waals surface area (Å²) in [6.45, 7) is 0. The van der Waals surface area contributed by atoms with Crippen LogP contribution < -0.4 is 4.90 Å². The molecule has 0 heterocycles. The molecule has 0 aliphatic rings. The van der Waals surface area contributed by atoms with E-state index in [4.69, 9.17) is 0 Å². The minimum Gasteiger partial charge on any atom is -0.310 e. The van der Waals surface area contributed by atoms with Crippen molar-refractivity contribution in [3.63, 3.8) is 0 Å². The lowest BCUT2D eigenvalue weighted by Gasteiger charge is -2.28. The molecule has 1 nitrogen and oxygen atoms in total. The number of hydrogen-bond donors (Lipinski definition) is 0. The molecule has 0 saturated heterocycles. The number of fused-ring (bicyclic) bond motifs is 8. The van der Waals surface area contributed by atoms with E-state index in [-0.39, 0.29) is 0 Å². The highest BCUT2D eigenvalue weighted by atomic mass is 15.1. The second kappa shape index (κ2) is 13.7. The molecule has 57 heavy (non-hydrogen) atoms. The van der Waals surface area contributed by atoms with Crippen LogP contribution in [0, 0.1) is 0 Å². The Kier molecular flexibility index (Phi) is 7.89. The second-order valence-corrected chi connectivity index (χ2v) is 14.9. The molecule has 0 bridgehead atoms. The minimum atomic E-state index is 1.11. The van der Waals surface area contributed by atoms with Crippen molar-refractivity contribution in [3.8, 4) is 33.4 Å². The maximum Gasteiger partial charge on any atom is 0.0540 e. The molecule has 0 amide bonds. The topological polar surface area (TPSA) is 3.24 Å². The molecule has 0 radical (unpaired) electrons. The lowest BCUT2D eigenvalue weighted by molar-refractivity contribution is 1.29. The van der Waals surface area contributed by atoms with Gasteiger partial charge in [0.1, 0.15) is 0 Å². The first kappa shape index (κ1) is 32.9. The van der Waals surface area contributed by atoms with E-state index in [0.717, 1.165) is 17.1 Å². The summed E-state index contributed by atoms with van der Waals surface area (Å²) < 4.78 is 0. The number of nitrogens with zero attached hydrogens (tertiary/aromatic N) is 1. The van der Waals surface area contributed by atoms with Gasteiger partial charge in [0.15, 0.2) is 0 Å². The standard InChI is InChI=1S/C56H37N/c1-2-10-41(11-3-1)51-15-8-9-17-55(51)57(49-35-32-44-23-22-42-12-4-6-14-50(42)53(44)37-49)48-33-30-39(31-34-48)38-18-20-40(21-19-38)47-29-26-45-25-28-46-27-24-43-13-5-7-16-52(43)56(46)54(45)36-47/h1-37H. The van der Waals surface area contributed by atoms with E-state index in [1.165, 1.54) is 87.2 Å². The van der Waals surface area contributed by atoms with Crippen LogP contribution >= 0.6 is 0 Å². The van der Waals surface area contributed by atoms with Crippen LogP contribution in [-0.4, -0.2) is 0 Å². The van der Waals surface area contributed by atoms with Crippen LogP contribution in [0.25, 0.3) is 87.2 Å². The van der Waals surface area contributed by atoms with Crippen LogP contribution in [0.2, 0.25) is 0 Å². The molecule has 0 spiro atoms. The fraction of sp³-hybridized carbons (Fsp3) is 0. The third-order valence-corrected chi connectivity index (χ3v) is 11.6. The van der Waals surface area contributed by atoms with Crippen molar-refractivity contribution in [2.75, 3.05) is 4.90 Å². The van der Waals surface area contributed by atoms with E-state index in [9.17, 15) is 0 Å². The fourth-order valence-electron chi connectivity index (χ4n) is 8.75. The van der Waals surface area contributed by atoms with Crippen LogP contribution in [0.4, 0.5) is 17.1 Å². The molecule has 0 N–H and O–H groups in total. The average molecular weight is 724 g/mol. The molecule has 0 aromatic heterocycles. The Morgan fingerprint density at radius 2 is 0.719 bits per heavy atom. The molecule has 11 aromatic rings. The molecule has 1 heteroatoms. The Balaban J connectivity index is 0.980. The highest BCUT2D eigenvalue weighted by molar-refractivity contribution is 6.20. The van der Waals surface area contributed by atoms with Crippen LogP contribution in [0.15, 0.2) is 224 Å². The monoisotopic (exact) mass is 723 g/mol. The van der Waals surface area contributed by atoms with Gasteiger partial charge in [0.05, 0.1) is 5.69 Å². The van der Waals surface area contributed by atoms with Gasteiger partial charge in [-0.05, 0) is 118 Å². The average Bonchev–Trinajstić information content (AvgIpc) is 3.29. The van der Waals surface area contributed by atoms with Crippen molar-refractivity contribution >= 4 is 70.9 Å². The summed E-state index contributed by atoms with van der Waals surface area (Å²) >= 11 is 0. The predicted octanol–water partition coefficient (Wildman–Crippen LogP) is 15.9. The maximum atomic E-state index is 2.41. The lowest BCUT2D eigenvalue weighted by atomic mass is 9.93. The molecule has 0 atom stereocenters. The van der Waals surface area contributed by atoms with Gasteiger partial charge in [0.25, 0.3) is 0 Å². The Labute approximate surface area is 332 Å². The van der Waals surface area contributed by atoms with E-state index in [1.807, 2.05) is 0 Å². The van der Waals surface area contributed by atoms with Crippen molar-refractivity contribution in [2.24, 2.45) is 0 Å². The summed E-state index contributed by atoms with van der Waals surface area (Å²) in [6.07, 6.45) is 0. The quantitative estimate of drug-likeness (QED) is 0.154. The summed E-state index contributed by atoms with van der Waals surface area (Å²) in [5, 5.41) is 12.7. The second-order valence-electron chi connectivity index (χ2n) is 14.9. The number of hydrogen-bond acceptors (Lipinski definition) is 1. The van der Waals surface area contributed by atoms with Gasteiger partial charge in [-0.15, -0.1) is 0 Å². The molecule has 11 aromatic carbocycles. The normalized spacial score (nSPS) is 11.5. The Hall–Kier alpha value is -7.48. The Morgan fingerprint density at radius 3 is 1.46 bits per heavy atom. The van der Waals surface area contributed by atoms with Crippen molar-refractivity contribution in [3.05, 3.63) is 224 Å². The van der Waals surface area contributed by atoms with Gasteiger partial charge in [-0.25, -0.2) is 0 Å². The maximum absolute atomic E-state index is 2.41. The first-order valence-corrected chi connectivity index (χ1v) is 19.7. The molecule has 0 aliphatic heterocycles. The first-order valence-electron chi connectivity index (χ1n) is 19.7. The Bertz CT molecular complexity index is 3270. The SMILES string of the molecule is c1ccc(-c2ccccc2N(c2ccc(-c3ccc(-c4ccc5ccc6ccc7ccccc7c6c5c4)cc3)cc2)c2ccc3ccc4ccccc4c3c2)cc1. The highest BCUT2D eigenvalue weighted by Gasteiger charge is 2.18. The zero-order valence-corrected chi connectivity index (χ0v) is 31.3. The van der Waals surface area contributed by atoms with Crippen molar-refractivity contribution < 1.29 is 0 Å². The summed E-state index contributed by atoms with van der Waals surface area (Å²) in [6, 6.07) is 82.0. The lowest BCUT2D eigenvalue weighted by Crippen LogP contribution is -2.11. The summed E-state index contributed by atoms with van der Waals surface area (Å²) in [5.41, 5.74) is 10.5. The van der Waals surface area contributed by atoms with Gasteiger partial charge in [0, 0.05) is 16.9 Å². The summed E-state index contributed by atoms with van der Waals surface area (Å²) in [5.74, 6) is 0. The number of para-hydroxylation sites is 1. The number of anilines is 3. The highest BCUT2D eigenvalue weighted by Crippen LogP contribution is 2.43. The van der Waals surface area contributed by atoms with Gasteiger partial charge < -0.3 is 4.90 Å². The van der Waals surface area contributed by atoms with E-state index in [2.05, 4.69) is 229 Å².